The van der Waals surface area contributed by atoms with Gasteiger partial charge in [-0.3, -0.25) is 4.79 Å². The van der Waals surface area contributed by atoms with Gasteiger partial charge < -0.3 is 0 Å². The molecule has 0 amide bonds. The molecule has 2 aromatic rings. The highest BCUT2D eigenvalue weighted by atomic mass is 16.1. The van der Waals surface area contributed by atoms with Crippen LogP contribution in [0.2, 0.25) is 0 Å². The number of hydrogen-bond donors (Lipinski definition) is 0. The zero-order valence-corrected chi connectivity index (χ0v) is 8.76. The van der Waals surface area contributed by atoms with Crippen LogP contribution in [0, 0.1) is 0 Å². The van der Waals surface area contributed by atoms with E-state index in [1.807, 2.05) is 30.3 Å². The summed E-state index contributed by atoms with van der Waals surface area (Å²) in [6.07, 6.45) is 3.31. The minimum Gasteiger partial charge on any atom is -0.289 e. The molecule has 0 saturated heterocycles. The van der Waals surface area contributed by atoms with Crippen molar-refractivity contribution >= 4 is 11.9 Å². The Morgan fingerprint density at radius 1 is 1.00 bits per heavy atom. The van der Waals surface area contributed by atoms with E-state index in [2.05, 4.69) is 0 Å². The van der Waals surface area contributed by atoms with Crippen LogP contribution in [0.1, 0.15) is 17.3 Å². The van der Waals surface area contributed by atoms with Gasteiger partial charge in [0.25, 0.3) is 0 Å². The van der Waals surface area contributed by atoms with E-state index in [-0.39, 0.29) is 5.78 Å². The lowest BCUT2D eigenvalue weighted by Crippen LogP contribution is -1.92. The average Bonchev–Trinajstić information content (AvgIpc) is 2.39. The Balaban J connectivity index is 2.11. The van der Waals surface area contributed by atoms with Gasteiger partial charge in [-0.2, -0.15) is 0 Å². The van der Waals surface area contributed by atoms with E-state index in [1.165, 1.54) is 0 Å². The molecular weight excluding hydrogens is 196 g/mol. The Labute approximate surface area is 96.5 Å². The molecule has 0 heterocycles. The summed E-state index contributed by atoms with van der Waals surface area (Å²) < 4.78 is 7.35. The van der Waals surface area contributed by atoms with Crippen molar-refractivity contribution < 1.29 is 6.17 Å². The zero-order valence-electron chi connectivity index (χ0n) is 9.76. The Kier molecular flexibility index (Phi) is 2.89. The number of carbonyl (C=O) groups excluding carboxylic acids is 1. The average molecular weight is 209 g/mol. The van der Waals surface area contributed by atoms with Crippen LogP contribution < -0.4 is 0 Å². The van der Waals surface area contributed by atoms with Crippen molar-refractivity contribution in [3.63, 3.8) is 0 Å². The number of rotatable bonds is 3. The first-order valence-electron chi connectivity index (χ1n) is 5.60. The summed E-state index contributed by atoms with van der Waals surface area (Å²) in [4.78, 5) is 11.8. The molecule has 0 aliphatic carbocycles. The van der Waals surface area contributed by atoms with Gasteiger partial charge in [0.1, 0.15) is 0 Å². The first-order valence-corrected chi connectivity index (χ1v) is 5.10. The summed E-state index contributed by atoms with van der Waals surface area (Å²) >= 11 is 0. The van der Waals surface area contributed by atoms with E-state index in [1.54, 1.807) is 36.4 Å². The second kappa shape index (κ2) is 5.08. The molecule has 0 fully saturated rings. The molecule has 0 aromatic heterocycles. The predicted molar refractivity (Wildman–Crippen MR) is 66.2 cm³/mol. The molecule has 2 rings (SSSR count). The van der Waals surface area contributed by atoms with Gasteiger partial charge in [0.15, 0.2) is 5.78 Å². The summed E-state index contributed by atoms with van der Waals surface area (Å²) in [5, 5.41) is 0. The predicted octanol–water partition coefficient (Wildman–Crippen LogP) is 3.58. The highest BCUT2D eigenvalue weighted by molar-refractivity contribution is 6.06. The lowest BCUT2D eigenvalue weighted by Gasteiger charge is -1.94. The Morgan fingerprint density at radius 2 is 1.69 bits per heavy atom. The smallest absolute Gasteiger partial charge is 0.185 e. The molecule has 0 saturated carbocycles. The van der Waals surface area contributed by atoms with E-state index in [9.17, 15) is 4.79 Å². The number of hydrogen-bond acceptors (Lipinski definition) is 1. The van der Waals surface area contributed by atoms with Crippen molar-refractivity contribution in [3.05, 3.63) is 77.8 Å². The maximum absolute atomic E-state index is 11.8. The maximum Gasteiger partial charge on any atom is 0.185 e. The van der Waals surface area contributed by atoms with Crippen LogP contribution in [-0.4, -0.2) is 5.78 Å². The van der Waals surface area contributed by atoms with Crippen LogP contribution in [0.15, 0.2) is 66.7 Å². The monoisotopic (exact) mass is 209 g/mol. The highest BCUT2D eigenvalue weighted by Gasteiger charge is 1.98. The second-order valence-corrected chi connectivity index (χ2v) is 3.40. The topological polar surface area (TPSA) is 17.1 Å². The SMILES string of the molecule is [2H]c1ccc(/C=C/C(=O)c2ccccc2)cc1. The molecule has 0 atom stereocenters. The lowest BCUT2D eigenvalue weighted by molar-refractivity contribution is 0.104. The fourth-order valence-electron chi connectivity index (χ4n) is 1.38. The third-order valence-corrected chi connectivity index (χ3v) is 2.23. The summed E-state index contributed by atoms with van der Waals surface area (Å²) in [5.74, 6) is -0.0134. The summed E-state index contributed by atoms with van der Waals surface area (Å²) in [6, 6.07) is 16.7. The molecule has 16 heavy (non-hydrogen) atoms. The fourth-order valence-corrected chi connectivity index (χ4v) is 1.38. The van der Waals surface area contributed by atoms with Gasteiger partial charge in [-0.1, -0.05) is 66.7 Å². The molecule has 0 radical (unpaired) electrons. The van der Waals surface area contributed by atoms with Crippen LogP contribution in [0.25, 0.3) is 6.08 Å². The first-order chi connectivity index (χ1) is 8.25. The van der Waals surface area contributed by atoms with Crippen LogP contribution >= 0.6 is 0 Å². The van der Waals surface area contributed by atoms with Gasteiger partial charge in [0, 0.05) is 5.56 Å². The molecule has 0 bridgehead atoms. The molecule has 1 heteroatoms. The first kappa shape index (κ1) is 9.10. The molecule has 0 N–H and O–H groups in total. The number of ketones is 1. The molecular formula is C15H12O. The van der Waals surface area contributed by atoms with Gasteiger partial charge in [0.2, 0.25) is 0 Å². The fraction of sp³-hybridized carbons (Fsp3) is 0. The van der Waals surface area contributed by atoms with Gasteiger partial charge in [-0.25, -0.2) is 0 Å². The summed E-state index contributed by atoms with van der Waals surface area (Å²) in [7, 11) is 0. The molecule has 0 aliphatic heterocycles. The minimum absolute atomic E-state index is 0.0134. The van der Waals surface area contributed by atoms with Crippen LogP contribution in [0.5, 0.6) is 0 Å². The van der Waals surface area contributed by atoms with Gasteiger partial charge in [0.05, 0.1) is 1.37 Å². The number of benzene rings is 2. The number of carbonyl (C=O) groups is 1. The molecule has 0 spiro atoms. The van der Waals surface area contributed by atoms with Gasteiger partial charge >= 0.3 is 0 Å². The molecule has 1 nitrogen and oxygen atoms in total. The molecule has 0 aliphatic rings. The van der Waals surface area contributed by atoms with Crippen molar-refractivity contribution in [2.24, 2.45) is 0 Å². The standard InChI is InChI=1S/C15H12O/c16-15(14-9-5-2-6-10-14)12-11-13-7-3-1-4-8-13/h1-12H/b12-11+/i1D. The van der Waals surface area contributed by atoms with Crippen LogP contribution in [-0.2, 0) is 0 Å². The van der Waals surface area contributed by atoms with Crippen LogP contribution in [0.4, 0.5) is 0 Å². The van der Waals surface area contributed by atoms with E-state index >= 15 is 0 Å². The molecule has 0 unspecified atom stereocenters. The van der Waals surface area contributed by atoms with E-state index < -0.39 is 0 Å². The van der Waals surface area contributed by atoms with Gasteiger partial charge in [-0.15, -0.1) is 0 Å². The van der Waals surface area contributed by atoms with Crippen molar-refractivity contribution in [1.82, 2.24) is 0 Å². The normalized spacial score (nSPS) is 11.4. The van der Waals surface area contributed by atoms with E-state index in [0.717, 1.165) is 5.56 Å². The second-order valence-electron chi connectivity index (χ2n) is 3.40. The Morgan fingerprint density at radius 3 is 2.38 bits per heavy atom. The minimum atomic E-state index is -0.0134. The van der Waals surface area contributed by atoms with Crippen LogP contribution in [0.3, 0.4) is 0 Å². The third kappa shape index (κ3) is 2.67. The van der Waals surface area contributed by atoms with Crippen molar-refractivity contribution in [1.29, 1.82) is 0 Å². The third-order valence-electron chi connectivity index (χ3n) is 2.23. The van der Waals surface area contributed by atoms with E-state index in [0.29, 0.717) is 11.6 Å². The van der Waals surface area contributed by atoms with Crippen molar-refractivity contribution in [2.75, 3.05) is 0 Å². The van der Waals surface area contributed by atoms with E-state index in [4.69, 9.17) is 1.37 Å². The summed E-state index contributed by atoms with van der Waals surface area (Å²) in [6.45, 7) is 0. The maximum atomic E-state index is 11.8. The summed E-state index contributed by atoms with van der Waals surface area (Å²) in [5.41, 5.74) is 1.60. The molecule has 2 aromatic carbocycles. The van der Waals surface area contributed by atoms with Crippen molar-refractivity contribution in [2.45, 2.75) is 0 Å². The van der Waals surface area contributed by atoms with Crippen molar-refractivity contribution in [3.8, 4) is 0 Å². The van der Waals surface area contributed by atoms with Gasteiger partial charge in [-0.05, 0) is 11.6 Å². The molecule has 78 valence electrons. The lowest BCUT2D eigenvalue weighted by atomic mass is 10.1. The quantitative estimate of drug-likeness (QED) is 0.557. The Bertz CT molecular complexity index is 527. The largest absolute Gasteiger partial charge is 0.289 e. The Hall–Kier alpha value is -2.15. The number of allylic oxidation sites excluding steroid dienone is 1. The highest BCUT2D eigenvalue weighted by Crippen LogP contribution is 2.05. The zero-order chi connectivity index (χ0) is 12.1.